The molecule has 0 spiro atoms. The van der Waals surface area contributed by atoms with Gasteiger partial charge in [-0.25, -0.2) is 4.39 Å². The van der Waals surface area contributed by atoms with E-state index < -0.39 is 5.67 Å². The summed E-state index contributed by atoms with van der Waals surface area (Å²) >= 11 is 0. The zero-order valence-corrected chi connectivity index (χ0v) is 7.14. The van der Waals surface area contributed by atoms with Gasteiger partial charge in [-0.2, -0.15) is 0 Å². The zero-order valence-electron chi connectivity index (χ0n) is 7.14. The van der Waals surface area contributed by atoms with Crippen molar-refractivity contribution in [3.05, 3.63) is 0 Å². The van der Waals surface area contributed by atoms with E-state index in [4.69, 9.17) is 10.5 Å². The molecule has 0 atom stereocenters. The molecule has 0 unspecified atom stereocenters. The van der Waals surface area contributed by atoms with Gasteiger partial charge in [-0.3, -0.25) is 0 Å². The molecule has 1 aliphatic carbocycles. The number of halogens is 1. The summed E-state index contributed by atoms with van der Waals surface area (Å²) in [6, 6.07) is 0.0516. The van der Waals surface area contributed by atoms with Crippen LogP contribution in [-0.4, -0.2) is 24.4 Å². The van der Waals surface area contributed by atoms with Gasteiger partial charge in [0.2, 0.25) is 0 Å². The molecule has 2 nitrogen and oxygen atoms in total. The van der Waals surface area contributed by atoms with Gasteiger partial charge in [0.05, 0.1) is 12.7 Å². The Morgan fingerprint density at radius 3 is 2.55 bits per heavy atom. The second-order valence-electron chi connectivity index (χ2n) is 3.68. The van der Waals surface area contributed by atoms with E-state index in [1.807, 2.05) is 13.8 Å². The van der Waals surface area contributed by atoms with Gasteiger partial charge in [0.25, 0.3) is 0 Å². The largest absolute Gasteiger partial charge is 0.375 e. The fourth-order valence-corrected chi connectivity index (χ4v) is 1.31. The Morgan fingerprint density at radius 2 is 2.18 bits per heavy atom. The smallest absolute Gasteiger partial charge is 0.137 e. The Balaban J connectivity index is 2.16. The topological polar surface area (TPSA) is 35.2 Å². The number of ether oxygens (including phenoxy) is 1. The van der Waals surface area contributed by atoms with Gasteiger partial charge < -0.3 is 10.5 Å². The summed E-state index contributed by atoms with van der Waals surface area (Å²) in [6.07, 6.45) is 1.03. The summed E-state index contributed by atoms with van der Waals surface area (Å²) in [4.78, 5) is 0. The third kappa shape index (κ3) is 2.42. The molecule has 2 N–H and O–H groups in total. The summed E-state index contributed by atoms with van der Waals surface area (Å²) in [6.45, 7) is 4.02. The SMILES string of the molecule is CC(C)OCC1(F)CC(N)C1. The Morgan fingerprint density at radius 1 is 1.64 bits per heavy atom. The average Bonchev–Trinajstić information content (AvgIpc) is 1.81. The minimum absolute atomic E-state index is 0.0516. The fourth-order valence-electron chi connectivity index (χ4n) is 1.31. The third-order valence-corrected chi connectivity index (χ3v) is 1.93. The molecular weight excluding hydrogens is 145 g/mol. The lowest BCUT2D eigenvalue weighted by molar-refractivity contribution is -0.0625. The highest BCUT2D eigenvalue weighted by atomic mass is 19.1. The molecule has 0 heterocycles. The van der Waals surface area contributed by atoms with Gasteiger partial charge in [0.1, 0.15) is 5.67 Å². The second-order valence-corrected chi connectivity index (χ2v) is 3.68. The first-order valence-electron chi connectivity index (χ1n) is 4.08. The van der Waals surface area contributed by atoms with Gasteiger partial charge in [-0.1, -0.05) is 0 Å². The molecule has 1 fully saturated rings. The van der Waals surface area contributed by atoms with Crippen LogP contribution in [0.5, 0.6) is 0 Å². The van der Waals surface area contributed by atoms with Crippen LogP contribution in [0.3, 0.4) is 0 Å². The van der Waals surface area contributed by atoms with Crippen LogP contribution in [0.15, 0.2) is 0 Å². The quantitative estimate of drug-likeness (QED) is 0.676. The first-order valence-corrected chi connectivity index (χ1v) is 4.08. The van der Waals surface area contributed by atoms with Crippen molar-refractivity contribution >= 4 is 0 Å². The molecule has 11 heavy (non-hydrogen) atoms. The van der Waals surface area contributed by atoms with Gasteiger partial charge in [-0.15, -0.1) is 0 Å². The van der Waals surface area contributed by atoms with Crippen LogP contribution in [0.25, 0.3) is 0 Å². The normalized spacial score (nSPS) is 37.4. The molecule has 0 saturated heterocycles. The van der Waals surface area contributed by atoms with E-state index in [-0.39, 0.29) is 18.8 Å². The van der Waals surface area contributed by atoms with Gasteiger partial charge in [-0.05, 0) is 26.7 Å². The van der Waals surface area contributed by atoms with Crippen molar-refractivity contribution in [2.75, 3.05) is 6.61 Å². The van der Waals surface area contributed by atoms with Crippen LogP contribution in [0, 0.1) is 0 Å². The van der Waals surface area contributed by atoms with Gasteiger partial charge >= 0.3 is 0 Å². The maximum Gasteiger partial charge on any atom is 0.137 e. The third-order valence-electron chi connectivity index (χ3n) is 1.93. The van der Waals surface area contributed by atoms with E-state index in [1.54, 1.807) is 0 Å². The minimum Gasteiger partial charge on any atom is -0.375 e. The monoisotopic (exact) mass is 161 g/mol. The van der Waals surface area contributed by atoms with Crippen molar-refractivity contribution in [2.24, 2.45) is 5.73 Å². The van der Waals surface area contributed by atoms with Crippen LogP contribution in [0.1, 0.15) is 26.7 Å². The number of nitrogens with two attached hydrogens (primary N) is 1. The number of rotatable bonds is 3. The Bertz CT molecular complexity index is 132. The van der Waals surface area contributed by atoms with Gasteiger partial charge in [0, 0.05) is 6.04 Å². The van der Waals surface area contributed by atoms with Crippen molar-refractivity contribution < 1.29 is 9.13 Å². The summed E-state index contributed by atoms with van der Waals surface area (Å²) in [5.74, 6) is 0. The lowest BCUT2D eigenvalue weighted by Crippen LogP contribution is -2.51. The highest BCUT2D eigenvalue weighted by Crippen LogP contribution is 2.35. The second kappa shape index (κ2) is 3.07. The molecule has 1 saturated carbocycles. The number of hydrogen-bond acceptors (Lipinski definition) is 2. The zero-order chi connectivity index (χ0) is 8.48. The Hall–Kier alpha value is -0.150. The van der Waals surface area contributed by atoms with E-state index in [1.165, 1.54) is 0 Å². The molecule has 66 valence electrons. The lowest BCUT2D eigenvalue weighted by atomic mass is 9.78. The molecule has 0 aromatic rings. The molecule has 1 rings (SSSR count). The van der Waals surface area contributed by atoms with Gasteiger partial charge in [0.15, 0.2) is 0 Å². The van der Waals surface area contributed by atoms with Crippen LogP contribution in [-0.2, 0) is 4.74 Å². The van der Waals surface area contributed by atoms with E-state index in [0.717, 1.165) is 0 Å². The molecule has 0 aliphatic heterocycles. The minimum atomic E-state index is -1.12. The molecule has 3 heteroatoms. The van der Waals surface area contributed by atoms with Crippen molar-refractivity contribution in [1.82, 2.24) is 0 Å². The van der Waals surface area contributed by atoms with Crippen molar-refractivity contribution in [2.45, 2.75) is 44.5 Å². The molecule has 0 aromatic heterocycles. The summed E-state index contributed by atoms with van der Waals surface area (Å²) in [5.41, 5.74) is 4.34. The summed E-state index contributed by atoms with van der Waals surface area (Å²) in [5, 5.41) is 0. The maximum absolute atomic E-state index is 13.3. The van der Waals surface area contributed by atoms with E-state index in [0.29, 0.717) is 12.8 Å². The highest BCUT2D eigenvalue weighted by Gasteiger charge is 2.43. The first kappa shape index (κ1) is 8.94. The van der Waals surface area contributed by atoms with E-state index >= 15 is 0 Å². The predicted octanol–water partition coefficient (Wildman–Crippen LogP) is 1.24. The molecule has 0 bridgehead atoms. The standard InChI is InChI=1S/C8H16FNO/c1-6(2)11-5-8(9)3-7(10)4-8/h6-7H,3-5,10H2,1-2H3. The van der Waals surface area contributed by atoms with Crippen molar-refractivity contribution in [1.29, 1.82) is 0 Å². The van der Waals surface area contributed by atoms with Crippen molar-refractivity contribution in [3.63, 3.8) is 0 Å². The Kier molecular flexibility index (Phi) is 2.50. The van der Waals surface area contributed by atoms with Crippen LogP contribution < -0.4 is 5.73 Å². The molecule has 1 aliphatic rings. The maximum atomic E-state index is 13.3. The van der Waals surface area contributed by atoms with Crippen LogP contribution in [0.4, 0.5) is 4.39 Å². The highest BCUT2D eigenvalue weighted by molar-refractivity contribution is 4.97. The number of alkyl halides is 1. The van der Waals surface area contributed by atoms with Crippen LogP contribution in [0.2, 0.25) is 0 Å². The first-order chi connectivity index (χ1) is 5.02. The van der Waals surface area contributed by atoms with Crippen LogP contribution >= 0.6 is 0 Å². The lowest BCUT2D eigenvalue weighted by Gasteiger charge is -2.39. The fraction of sp³-hybridized carbons (Fsp3) is 1.00. The molecule has 0 radical (unpaired) electrons. The molecule has 0 aromatic carbocycles. The predicted molar refractivity (Wildman–Crippen MR) is 42.1 cm³/mol. The average molecular weight is 161 g/mol. The molecule has 0 amide bonds. The molecular formula is C8H16FNO. The summed E-state index contributed by atoms with van der Waals surface area (Å²) in [7, 11) is 0. The van der Waals surface area contributed by atoms with E-state index in [9.17, 15) is 4.39 Å². The Labute approximate surface area is 66.9 Å². The van der Waals surface area contributed by atoms with E-state index in [2.05, 4.69) is 0 Å². The number of hydrogen-bond donors (Lipinski definition) is 1. The summed E-state index contributed by atoms with van der Waals surface area (Å²) < 4.78 is 18.5. The van der Waals surface area contributed by atoms with Crippen molar-refractivity contribution in [3.8, 4) is 0 Å².